The van der Waals surface area contributed by atoms with E-state index in [1.807, 2.05) is 42.6 Å². The molecule has 1 aliphatic heterocycles. The molecule has 1 unspecified atom stereocenters. The molecule has 0 spiro atoms. The van der Waals surface area contributed by atoms with E-state index in [4.69, 9.17) is 15.3 Å². The molecule has 0 saturated carbocycles. The fraction of sp³-hybridized carbons (Fsp3) is 0.269. The number of rotatable bonds is 5. The number of carbonyl (C=O) groups is 2. The van der Waals surface area contributed by atoms with E-state index in [9.17, 15) is 9.59 Å². The molecule has 35 heavy (non-hydrogen) atoms. The van der Waals surface area contributed by atoms with Gasteiger partial charge < -0.3 is 10.2 Å². The lowest BCUT2D eigenvalue weighted by Crippen LogP contribution is -2.44. The molecule has 1 N–H and O–H groups in total. The van der Waals surface area contributed by atoms with Crippen LogP contribution >= 0.6 is 11.8 Å². The van der Waals surface area contributed by atoms with Gasteiger partial charge in [-0.25, -0.2) is 9.50 Å². The first-order chi connectivity index (χ1) is 17.0. The Morgan fingerprint density at radius 3 is 2.71 bits per heavy atom. The fourth-order valence-corrected chi connectivity index (χ4v) is 5.65. The molecule has 9 heteroatoms. The van der Waals surface area contributed by atoms with Crippen LogP contribution in [-0.4, -0.2) is 49.0 Å². The summed E-state index contributed by atoms with van der Waals surface area (Å²) in [6.07, 6.45) is 0.817. The van der Waals surface area contributed by atoms with Gasteiger partial charge in [0.25, 0.3) is 0 Å². The number of nitrogens with one attached hydrogen (secondary N) is 1. The molecule has 5 rings (SSSR count). The van der Waals surface area contributed by atoms with Crippen molar-refractivity contribution in [3.63, 3.8) is 0 Å². The highest BCUT2D eigenvalue weighted by atomic mass is 32.2. The van der Waals surface area contributed by atoms with Gasteiger partial charge in [-0.05, 0) is 62.2 Å². The SMILES string of the molecule is Cc1nc2c3ccccc3nn2c(C)c1CCC(=O)N1CSCC1C(=O)Nc1ccc(C#N)cc1. The van der Waals surface area contributed by atoms with Crippen LogP contribution in [0.5, 0.6) is 0 Å². The van der Waals surface area contributed by atoms with Crippen molar-refractivity contribution in [1.82, 2.24) is 19.5 Å². The number of anilines is 1. The zero-order valence-corrected chi connectivity index (χ0v) is 20.3. The Hall–Kier alpha value is -3.90. The number of aryl methyl sites for hydroxylation is 2. The Morgan fingerprint density at radius 1 is 1.17 bits per heavy atom. The Morgan fingerprint density at radius 2 is 1.94 bits per heavy atom. The predicted molar refractivity (Wildman–Crippen MR) is 136 cm³/mol. The fourth-order valence-electron chi connectivity index (χ4n) is 4.47. The molecule has 0 radical (unpaired) electrons. The first-order valence-corrected chi connectivity index (χ1v) is 12.5. The van der Waals surface area contributed by atoms with Crippen LogP contribution in [0.2, 0.25) is 0 Å². The summed E-state index contributed by atoms with van der Waals surface area (Å²) in [5.41, 5.74) is 5.71. The van der Waals surface area contributed by atoms with Crippen molar-refractivity contribution in [2.75, 3.05) is 16.9 Å². The summed E-state index contributed by atoms with van der Waals surface area (Å²) < 4.78 is 1.86. The summed E-state index contributed by atoms with van der Waals surface area (Å²) in [5.74, 6) is 0.773. The number of hydrogen-bond acceptors (Lipinski definition) is 6. The van der Waals surface area contributed by atoms with Crippen molar-refractivity contribution in [2.45, 2.75) is 32.7 Å². The lowest BCUT2D eigenvalue weighted by Gasteiger charge is -2.23. The van der Waals surface area contributed by atoms with Gasteiger partial charge in [0, 0.05) is 34.6 Å². The minimum absolute atomic E-state index is 0.0560. The van der Waals surface area contributed by atoms with Crippen LogP contribution in [0.3, 0.4) is 0 Å². The van der Waals surface area contributed by atoms with Gasteiger partial charge >= 0.3 is 0 Å². The van der Waals surface area contributed by atoms with Crippen LogP contribution in [0, 0.1) is 25.2 Å². The van der Waals surface area contributed by atoms with Crippen LogP contribution in [0.1, 0.15) is 28.9 Å². The third kappa shape index (κ3) is 4.33. The molecule has 0 bridgehead atoms. The summed E-state index contributed by atoms with van der Waals surface area (Å²) in [7, 11) is 0. The normalized spacial score (nSPS) is 15.5. The highest BCUT2D eigenvalue weighted by molar-refractivity contribution is 7.99. The molecule has 1 fully saturated rings. The van der Waals surface area contributed by atoms with Gasteiger partial charge in [-0.15, -0.1) is 11.8 Å². The van der Waals surface area contributed by atoms with E-state index in [2.05, 4.69) is 11.4 Å². The molecule has 2 aromatic carbocycles. The molecular weight excluding hydrogens is 460 g/mol. The molecule has 1 saturated heterocycles. The van der Waals surface area contributed by atoms with E-state index >= 15 is 0 Å². The first kappa shape index (κ1) is 22.9. The molecule has 176 valence electrons. The molecular formula is C26H24N6O2S. The predicted octanol–water partition coefficient (Wildman–Crippen LogP) is 3.84. The standard InChI is InChI=1S/C26H24N6O2S/c1-16-20(17(2)32-25(28-16)21-5-3-4-6-22(21)30-32)11-12-24(33)31-15-35-14-23(31)26(34)29-19-9-7-18(13-27)8-10-19/h3-10,23H,11-12,14-15H2,1-2H3,(H,29,34). The van der Waals surface area contributed by atoms with Gasteiger partial charge in [0.2, 0.25) is 11.8 Å². The van der Waals surface area contributed by atoms with E-state index in [1.54, 1.807) is 40.9 Å². The third-order valence-electron chi connectivity index (χ3n) is 6.39. The van der Waals surface area contributed by atoms with Crippen molar-refractivity contribution in [3.8, 4) is 6.07 Å². The largest absolute Gasteiger partial charge is 0.324 e. The van der Waals surface area contributed by atoms with E-state index in [-0.39, 0.29) is 18.2 Å². The van der Waals surface area contributed by atoms with E-state index in [0.29, 0.717) is 29.3 Å². The Bertz CT molecular complexity index is 1490. The highest BCUT2D eigenvalue weighted by Gasteiger charge is 2.34. The molecule has 0 aliphatic carbocycles. The second-order valence-corrected chi connectivity index (χ2v) is 9.57. The monoisotopic (exact) mass is 484 g/mol. The Labute approximate surface area is 206 Å². The zero-order chi connectivity index (χ0) is 24.5. The van der Waals surface area contributed by atoms with Crippen molar-refractivity contribution < 1.29 is 9.59 Å². The van der Waals surface area contributed by atoms with Crippen molar-refractivity contribution in [3.05, 3.63) is 71.0 Å². The number of carbonyl (C=O) groups excluding carboxylic acids is 2. The molecule has 2 amide bonds. The van der Waals surface area contributed by atoms with E-state index in [0.717, 1.165) is 33.5 Å². The first-order valence-electron chi connectivity index (χ1n) is 11.4. The molecule has 1 aliphatic rings. The maximum atomic E-state index is 13.2. The summed E-state index contributed by atoms with van der Waals surface area (Å²) in [5, 5.41) is 17.5. The van der Waals surface area contributed by atoms with Gasteiger partial charge in [0.1, 0.15) is 6.04 Å². The van der Waals surface area contributed by atoms with Crippen molar-refractivity contribution in [1.29, 1.82) is 5.26 Å². The van der Waals surface area contributed by atoms with Crippen LogP contribution in [0.4, 0.5) is 5.69 Å². The second-order valence-electron chi connectivity index (χ2n) is 8.57. The van der Waals surface area contributed by atoms with Crippen LogP contribution in [-0.2, 0) is 16.0 Å². The van der Waals surface area contributed by atoms with Crippen LogP contribution < -0.4 is 5.32 Å². The van der Waals surface area contributed by atoms with Crippen molar-refractivity contribution >= 4 is 45.8 Å². The topological polar surface area (TPSA) is 103 Å². The molecule has 3 heterocycles. The lowest BCUT2D eigenvalue weighted by molar-refractivity contribution is -0.136. The Balaban J connectivity index is 1.29. The second kappa shape index (κ2) is 9.39. The molecule has 8 nitrogen and oxygen atoms in total. The average molecular weight is 485 g/mol. The van der Waals surface area contributed by atoms with Gasteiger partial charge in [0.15, 0.2) is 5.65 Å². The van der Waals surface area contributed by atoms with Gasteiger partial charge in [-0.1, -0.05) is 12.1 Å². The van der Waals surface area contributed by atoms with Gasteiger partial charge in [-0.2, -0.15) is 10.4 Å². The number of benzene rings is 2. The minimum Gasteiger partial charge on any atom is -0.324 e. The number of aromatic nitrogens is 3. The number of nitriles is 1. The molecule has 4 aromatic rings. The third-order valence-corrected chi connectivity index (χ3v) is 7.41. The number of nitrogens with zero attached hydrogens (tertiary/aromatic N) is 5. The van der Waals surface area contributed by atoms with Gasteiger partial charge in [0.05, 0.1) is 23.0 Å². The van der Waals surface area contributed by atoms with Crippen LogP contribution in [0.25, 0.3) is 16.6 Å². The highest BCUT2D eigenvalue weighted by Crippen LogP contribution is 2.26. The number of fused-ring (bicyclic) bond motifs is 3. The summed E-state index contributed by atoms with van der Waals surface area (Å²) in [4.78, 5) is 32.5. The Kier molecular flexibility index (Phi) is 6.14. The number of thioether (sulfide) groups is 1. The number of amides is 2. The summed E-state index contributed by atoms with van der Waals surface area (Å²) in [6.45, 7) is 3.97. The maximum absolute atomic E-state index is 13.2. The maximum Gasteiger partial charge on any atom is 0.248 e. The average Bonchev–Trinajstić information content (AvgIpc) is 3.50. The smallest absolute Gasteiger partial charge is 0.248 e. The van der Waals surface area contributed by atoms with E-state index < -0.39 is 6.04 Å². The van der Waals surface area contributed by atoms with Crippen LogP contribution in [0.15, 0.2) is 48.5 Å². The van der Waals surface area contributed by atoms with E-state index in [1.165, 1.54) is 0 Å². The minimum atomic E-state index is -0.526. The quantitative estimate of drug-likeness (QED) is 0.462. The molecule has 2 aromatic heterocycles. The van der Waals surface area contributed by atoms with Gasteiger partial charge in [-0.3, -0.25) is 9.59 Å². The molecule has 1 atom stereocenters. The zero-order valence-electron chi connectivity index (χ0n) is 19.5. The number of hydrogen-bond donors (Lipinski definition) is 1. The summed E-state index contributed by atoms with van der Waals surface area (Å²) in [6, 6.07) is 16.1. The van der Waals surface area contributed by atoms with Crippen molar-refractivity contribution in [2.24, 2.45) is 0 Å². The lowest BCUT2D eigenvalue weighted by atomic mass is 10.1. The summed E-state index contributed by atoms with van der Waals surface area (Å²) >= 11 is 1.57.